The summed E-state index contributed by atoms with van der Waals surface area (Å²) in [5.41, 5.74) is 5.46. The van der Waals surface area contributed by atoms with Crippen molar-refractivity contribution in [3.63, 3.8) is 0 Å². The molecular formula is C25H22FN3O3. The molecule has 0 aliphatic carbocycles. The molecule has 7 heteroatoms. The van der Waals surface area contributed by atoms with E-state index in [1.165, 1.54) is 23.2 Å². The number of para-hydroxylation sites is 1. The van der Waals surface area contributed by atoms with Crippen LogP contribution >= 0.6 is 0 Å². The highest BCUT2D eigenvalue weighted by atomic mass is 19.1. The van der Waals surface area contributed by atoms with Crippen molar-refractivity contribution in [3.05, 3.63) is 95.3 Å². The van der Waals surface area contributed by atoms with Gasteiger partial charge in [0.25, 0.3) is 11.8 Å². The number of carbonyl (C=O) groups excluding carboxylic acids is 2. The Hall–Kier alpha value is -4.13. The van der Waals surface area contributed by atoms with Gasteiger partial charge in [0.05, 0.1) is 5.69 Å². The maximum Gasteiger partial charge on any atom is 0.282 e. The summed E-state index contributed by atoms with van der Waals surface area (Å²) < 4.78 is 19.2. The molecule has 162 valence electrons. The predicted molar refractivity (Wildman–Crippen MR) is 122 cm³/mol. The summed E-state index contributed by atoms with van der Waals surface area (Å²) in [6, 6.07) is 20.4. The lowest BCUT2D eigenvalue weighted by Crippen LogP contribution is -2.35. The van der Waals surface area contributed by atoms with Crippen LogP contribution in [0.1, 0.15) is 11.1 Å². The third-order valence-corrected chi connectivity index (χ3v) is 5.03. The number of halogens is 1. The molecule has 1 N–H and O–H groups in total. The summed E-state index contributed by atoms with van der Waals surface area (Å²) in [6.45, 7) is 0.212. The molecule has 0 bridgehead atoms. The zero-order valence-corrected chi connectivity index (χ0v) is 17.7. The lowest BCUT2D eigenvalue weighted by molar-refractivity contribution is -0.117. The average molecular weight is 431 g/mol. The van der Waals surface area contributed by atoms with Crippen LogP contribution in [0.4, 0.5) is 15.8 Å². The molecule has 1 aliphatic heterocycles. The van der Waals surface area contributed by atoms with Crippen LogP contribution in [0.15, 0.2) is 78.4 Å². The van der Waals surface area contributed by atoms with E-state index in [-0.39, 0.29) is 18.0 Å². The van der Waals surface area contributed by atoms with E-state index in [1.807, 2.05) is 37.2 Å². The van der Waals surface area contributed by atoms with Crippen LogP contribution in [0.2, 0.25) is 0 Å². The predicted octanol–water partition coefficient (Wildman–Crippen LogP) is 3.93. The number of amides is 2. The summed E-state index contributed by atoms with van der Waals surface area (Å²) in [7, 11) is 3.81. The molecule has 0 atom stereocenters. The topological polar surface area (TPSA) is 61.9 Å². The SMILES string of the molecule is CN(C)c1ccc(C=C2C(=O)NN(c3ccccc3)C2=O)c(OCc2ccc(F)cc2)c1. The number of rotatable bonds is 6. The smallest absolute Gasteiger partial charge is 0.282 e. The third kappa shape index (κ3) is 4.46. The lowest BCUT2D eigenvalue weighted by Gasteiger charge is -2.16. The molecule has 0 aromatic heterocycles. The summed E-state index contributed by atoms with van der Waals surface area (Å²) >= 11 is 0. The lowest BCUT2D eigenvalue weighted by atomic mass is 10.1. The minimum atomic E-state index is -0.486. The molecule has 4 rings (SSSR count). The summed E-state index contributed by atoms with van der Waals surface area (Å²) in [4.78, 5) is 27.4. The van der Waals surface area contributed by atoms with Crippen LogP contribution in [0.25, 0.3) is 6.08 Å². The summed E-state index contributed by atoms with van der Waals surface area (Å²) in [5, 5.41) is 1.22. The van der Waals surface area contributed by atoms with Gasteiger partial charge >= 0.3 is 0 Å². The second-order valence-electron chi connectivity index (χ2n) is 7.51. The maximum atomic E-state index is 13.2. The number of hydrogen-bond acceptors (Lipinski definition) is 4. The summed E-state index contributed by atoms with van der Waals surface area (Å²) in [5.74, 6) is -0.739. The highest BCUT2D eigenvalue weighted by molar-refractivity contribution is 6.31. The number of nitrogens with one attached hydrogen (secondary N) is 1. The maximum absolute atomic E-state index is 13.2. The molecule has 1 fully saturated rings. The Kier molecular flexibility index (Phi) is 5.89. The normalized spacial score (nSPS) is 14.6. The van der Waals surface area contributed by atoms with Crippen molar-refractivity contribution < 1.29 is 18.7 Å². The van der Waals surface area contributed by atoms with Gasteiger partial charge in [-0.1, -0.05) is 30.3 Å². The van der Waals surface area contributed by atoms with Crippen LogP contribution in [-0.2, 0) is 16.2 Å². The minimum Gasteiger partial charge on any atom is -0.488 e. The molecule has 3 aromatic carbocycles. The first-order valence-corrected chi connectivity index (χ1v) is 10.0. The van der Waals surface area contributed by atoms with Gasteiger partial charge in [-0.3, -0.25) is 15.0 Å². The van der Waals surface area contributed by atoms with E-state index in [0.29, 0.717) is 17.0 Å². The van der Waals surface area contributed by atoms with E-state index in [1.54, 1.807) is 42.5 Å². The standard InChI is InChI=1S/C25H22FN3O3/c1-28(2)21-13-10-18(23(15-21)32-16-17-8-11-19(26)12-9-17)14-22-24(30)27-29(25(22)31)20-6-4-3-5-7-20/h3-15H,16H2,1-2H3,(H,27,30). The van der Waals surface area contributed by atoms with Crippen molar-refractivity contribution in [2.75, 3.05) is 24.0 Å². The van der Waals surface area contributed by atoms with E-state index in [2.05, 4.69) is 5.43 Å². The Labute approximate surface area is 185 Å². The van der Waals surface area contributed by atoms with E-state index in [9.17, 15) is 14.0 Å². The number of ether oxygens (including phenoxy) is 1. The van der Waals surface area contributed by atoms with Crippen molar-refractivity contribution in [3.8, 4) is 5.75 Å². The fourth-order valence-corrected chi connectivity index (χ4v) is 3.26. The molecule has 2 amide bonds. The molecule has 0 unspecified atom stereocenters. The molecular weight excluding hydrogens is 409 g/mol. The van der Waals surface area contributed by atoms with Crippen LogP contribution in [0.3, 0.4) is 0 Å². The number of benzene rings is 3. The van der Waals surface area contributed by atoms with E-state index >= 15 is 0 Å². The average Bonchev–Trinajstić information content (AvgIpc) is 3.08. The Morgan fingerprint density at radius 1 is 1.00 bits per heavy atom. The van der Waals surface area contributed by atoms with Gasteiger partial charge in [-0.15, -0.1) is 0 Å². The zero-order valence-electron chi connectivity index (χ0n) is 17.7. The Morgan fingerprint density at radius 3 is 2.41 bits per heavy atom. The van der Waals surface area contributed by atoms with Gasteiger partial charge in [0.1, 0.15) is 23.7 Å². The molecule has 6 nitrogen and oxygen atoms in total. The van der Waals surface area contributed by atoms with Gasteiger partial charge in [-0.2, -0.15) is 0 Å². The molecule has 3 aromatic rings. The summed E-state index contributed by atoms with van der Waals surface area (Å²) in [6.07, 6.45) is 1.53. The van der Waals surface area contributed by atoms with Gasteiger partial charge in [-0.25, -0.2) is 9.40 Å². The molecule has 1 heterocycles. The minimum absolute atomic E-state index is 0.0121. The first-order valence-electron chi connectivity index (χ1n) is 10.0. The van der Waals surface area contributed by atoms with Crippen molar-refractivity contribution in [1.29, 1.82) is 0 Å². The fraction of sp³-hybridized carbons (Fsp3) is 0.120. The van der Waals surface area contributed by atoms with Crippen molar-refractivity contribution in [1.82, 2.24) is 5.43 Å². The highest BCUT2D eigenvalue weighted by Gasteiger charge is 2.34. The number of hydrazine groups is 1. The molecule has 0 saturated carbocycles. The largest absolute Gasteiger partial charge is 0.488 e. The molecule has 0 spiro atoms. The second kappa shape index (κ2) is 8.93. The van der Waals surface area contributed by atoms with Gasteiger partial charge in [-0.05, 0) is 48.0 Å². The number of anilines is 2. The third-order valence-electron chi connectivity index (χ3n) is 5.03. The van der Waals surface area contributed by atoms with Gasteiger partial charge in [0.2, 0.25) is 0 Å². The van der Waals surface area contributed by atoms with E-state index in [0.717, 1.165) is 11.3 Å². The molecule has 32 heavy (non-hydrogen) atoms. The number of nitrogens with zero attached hydrogens (tertiary/aromatic N) is 2. The molecule has 0 radical (unpaired) electrons. The Balaban J connectivity index is 1.64. The van der Waals surface area contributed by atoms with Crippen LogP contribution < -0.4 is 20.1 Å². The Bertz CT molecular complexity index is 1170. The van der Waals surface area contributed by atoms with Crippen molar-refractivity contribution in [2.24, 2.45) is 0 Å². The zero-order chi connectivity index (χ0) is 22.7. The quantitative estimate of drug-likeness (QED) is 0.475. The number of carbonyl (C=O) groups is 2. The highest BCUT2D eigenvalue weighted by Crippen LogP contribution is 2.29. The van der Waals surface area contributed by atoms with Crippen molar-refractivity contribution in [2.45, 2.75) is 6.61 Å². The van der Waals surface area contributed by atoms with Crippen LogP contribution in [0.5, 0.6) is 5.75 Å². The van der Waals surface area contributed by atoms with E-state index in [4.69, 9.17) is 4.74 Å². The Morgan fingerprint density at radius 2 is 1.72 bits per heavy atom. The fourth-order valence-electron chi connectivity index (χ4n) is 3.26. The molecule has 1 saturated heterocycles. The number of hydrogen-bond donors (Lipinski definition) is 1. The first-order chi connectivity index (χ1) is 15.4. The van der Waals surface area contributed by atoms with Crippen LogP contribution in [-0.4, -0.2) is 25.9 Å². The van der Waals surface area contributed by atoms with Gasteiger partial charge in [0, 0.05) is 31.4 Å². The second-order valence-corrected chi connectivity index (χ2v) is 7.51. The molecule has 1 aliphatic rings. The van der Waals surface area contributed by atoms with Crippen molar-refractivity contribution >= 4 is 29.3 Å². The van der Waals surface area contributed by atoms with Gasteiger partial charge in [0.15, 0.2) is 0 Å². The van der Waals surface area contributed by atoms with E-state index < -0.39 is 11.8 Å². The van der Waals surface area contributed by atoms with Gasteiger partial charge < -0.3 is 9.64 Å². The first kappa shape index (κ1) is 21.1. The monoisotopic (exact) mass is 431 g/mol. The van der Waals surface area contributed by atoms with Crippen LogP contribution in [0, 0.1) is 5.82 Å².